The highest BCUT2D eigenvalue weighted by Crippen LogP contribution is 2.31. The summed E-state index contributed by atoms with van der Waals surface area (Å²) in [5, 5.41) is 20.4. The number of aliphatic imine (C=N–C) groups is 1. The predicted octanol–water partition coefficient (Wildman–Crippen LogP) is 3.05. The number of aliphatic hydroxyl groups excluding tert-OH is 1. The minimum absolute atomic E-state index is 0.0191. The topological polar surface area (TPSA) is 85.8 Å². The third-order valence-electron chi connectivity index (χ3n) is 4.64. The quantitative estimate of drug-likeness (QED) is 0.443. The van der Waals surface area contributed by atoms with Gasteiger partial charge in [0, 0.05) is 36.1 Å². The summed E-state index contributed by atoms with van der Waals surface area (Å²) >= 11 is 5.89. The molecular weight excluding hydrogens is 376 g/mol. The number of amides is 1. The van der Waals surface area contributed by atoms with Gasteiger partial charge in [-0.05, 0) is 36.2 Å². The zero-order valence-corrected chi connectivity index (χ0v) is 16.5. The van der Waals surface area contributed by atoms with E-state index in [0.29, 0.717) is 30.5 Å². The van der Waals surface area contributed by atoms with Crippen LogP contribution in [0.15, 0.2) is 53.5 Å². The molecule has 1 heterocycles. The molecule has 0 radical (unpaired) electrons. The number of rotatable bonds is 6. The lowest BCUT2D eigenvalue weighted by Crippen LogP contribution is -2.41. The van der Waals surface area contributed by atoms with Crippen molar-refractivity contribution in [2.24, 2.45) is 4.99 Å². The summed E-state index contributed by atoms with van der Waals surface area (Å²) in [6, 6.07) is 14.9. The van der Waals surface area contributed by atoms with Gasteiger partial charge in [0.05, 0.1) is 12.6 Å². The van der Waals surface area contributed by atoms with Gasteiger partial charge in [0.25, 0.3) is 0 Å². The number of carbonyl (C=O) groups is 1. The number of nitrogens with one attached hydrogen (secondary N) is 3. The molecule has 0 fully saturated rings. The van der Waals surface area contributed by atoms with Gasteiger partial charge in [0.15, 0.2) is 5.96 Å². The number of fused-ring (bicyclic) bond motifs is 1. The van der Waals surface area contributed by atoms with Gasteiger partial charge in [-0.1, -0.05) is 41.9 Å². The van der Waals surface area contributed by atoms with Crippen molar-refractivity contribution < 1.29 is 9.90 Å². The maximum atomic E-state index is 12.0. The van der Waals surface area contributed by atoms with Gasteiger partial charge in [-0.2, -0.15) is 0 Å². The van der Waals surface area contributed by atoms with Crippen LogP contribution in [0.2, 0.25) is 5.02 Å². The van der Waals surface area contributed by atoms with Crippen LogP contribution in [-0.4, -0.2) is 36.6 Å². The second kappa shape index (κ2) is 9.57. The number of para-hydroxylation sites is 1. The summed E-state index contributed by atoms with van der Waals surface area (Å²) in [4.78, 5) is 16.5. The Hall–Kier alpha value is -2.57. The maximum Gasteiger partial charge on any atom is 0.225 e. The summed E-state index contributed by atoms with van der Waals surface area (Å²) in [5.74, 6) is 0.694. The number of halogens is 1. The SMILES string of the molecule is CCNC(=NCC(O)c1ccc(Cl)cc1)NCC1CC(=O)Nc2ccccc21. The second-order valence-corrected chi connectivity index (χ2v) is 7.14. The fourth-order valence-electron chi connectivity index (χ4n) is 3.21. The molecule has 3 rings (SSSR count). The summed E-state index contributed by atoms with van der Waals surface area (Å²) in [6.45, 7) is 3.48. The van der Waals surface area contributed by atoms with Crippen molar-refractivity contribution in [3.63, 3.8) is 0 Å². The van der Waals surface area contributed by atoms with Crippen LogP contribution in [0, 0.1) is 0 Å². The first-order valence-corrected chi connectivity index (χ1v) is 9.79. The highest BCUT2D eigenvalue weighted by Gasteiger charge is 2.24. The van der Waals surface area contributed by atoms with Crippen LogP contribution >= 0.6 is 11.6 Å². The Kier molecular flexibility index (Phi) is 6.90. The van der Waals surface area contributed by atoms with E-state index in [1.807, 2.05) is 31.2 Å². The Balaban J connectivity index is 1.64. The molecule has 1 aliphatic rings. The smallest absolute Gasteiger partial charge is 0.225 e. The monoisotopic (exact) mass is 400 g/mol. The van der Waals surface area contributed by atoms with Gasteiger partial charge in [-0.25, -0.2) is 0 Å². The van der Waals surface area contributed by atoms with Crippen molar-refractivity contribution in [3.8, 4) is 0 Å². The summed E-state index contributed by atoms with van der Waals surface area (Å²) in [7, 11) is 0. The van der Waals surface area contributed by atoms with Crippen molar-refractivity contribution >= 4 is 29.2 Å². The average molecular weight is 401 g/mol. The number of nitrogens with zero attached hydrogens (tertiary/aromatic N) is 1. The minimum Gasteiger partial charge on any atom is -0.386 e. The van der Waals surface area contributed by atoms with Gasteiger partial charge < -0.3 is 21.1 Å². The molecule has 0 saturated carbocycles. The first-order valence-electron chi connectivity index (χ1n) is 9.41. The summed E-state index contributed by atoms with van der Waals surface area (Å²) < 4.78 is 0. The molecule has 0 spiro atoms. The van der Waals surface area contributed by atoms with Crippen LogP contribution in [-0.2, 0) is 4.79 Å². The minimum atomic E-state index is -0.714. The number of anilines is 1. The largest absolute Gasteiger partial charge is 0.386 e. The van der Waals surface area contributed by atoms with Crippen LogP contribution in [0.1, 0.15) is 36.5 Å². The van der Waals surface area contributed by atoms with Gasteiger partial charge in [-0.15, -0.1) is 0 Å². The highest BCUT2D eigenvalue weighted by atomic mass is 35.5. The standard InChI is InChI=1S/C21H25ClN4O2/c1-2-23-21(25-13-19(27)14-7-9-16(22)10-8-14)24-12-15-11-20(28)26-18-6-4-3-5-17(15)18/h3-10,15,19,27H,2,11-13H2,1H3,(H,26,28)(H2,23,24,25). The molecule has 0 aromatic heterocycles. The molecule has 4 N–H and O–H groups in total. The molecule has 2 aromatic carbocycles. The first-order chi connectivity index (χ1) is 13.6. The molecule has 2 aromatic rings. The molecule has 2 atom stereocenters. The average Bonchev–Trinajstić information content (AvgIpc) is 2.70. The molecule has 0 saturated heterocycles. The first kappa shape index (κ1) is 20.2. The number of carbonyl (C=O) groups excluding carboxylic acids is 1. The number of hydrogen-bond acceptors (Lipinski definition) is 3. The van der Waals surface area contributed by atoms with Crippen molar-refractivity contribution in [3.05, 3.63) is 64.7 Å². The Morgan fingerprint density at radius 2 is 2.00 bits per heavy atom. The normalized spacial score (nSPS) is 17.5. The fourth-order valence-corrected chi connectivity index (χ4v) is 3.34. The van der Waals surface area contributed by atoms with E-state index in [0.717, 1.165) is 16.8 Å². The van der Waals surface area contributed by atoms with E-state index in [1.165, 1.54) is 0 Å². The molecule has 1 aliphatic heterocycles. The second-order valence-electron chi connectivity index (χ2n) is 6.70. The van der Waals surface area contributed by atoms with Crippen LogP contribution in [0.3, 0.4) is 0 Å². The Bertz CT molecular complexity index is 839. The van der Waals surface area contributed by atoms with Crippen LogP contribution in [0.25, 0.3) is 0 Å². The molecule has 0 aliphatic carbocycles. The molecule has 0 bridgehead atoms. The zero-order chi connectivity index (χ0) is 19.9. The molecule has 2 unspecified atom stereocenters. The van der Waals surface area contributed by atoms with Gasteiger partial charge in [-0.3, -0.25) is 9.79 Å². The van der Waals surface area contributed by atoms with Gasteiger partial charge in [0.2, 0.25) is 5.91 Å². The van der Waals surface area contributed by atoms with E-state index in [1.54, 1.807) is 24.3 Å². The van der Waals surface area contributed by atoms with Crippen molar-refractivity contribution in [2.75, 3.05) is 25.0 Å². The maximum absolute atomic E-state index is 12.0. The molecule has 6 nitrogen and oxygen atoms in total. The Morgan fingerprint density at radius 3 is 2.75 bits per heavy atom. The Labute approximate surface area is 170 Å². The summed E-state index contributed by atoms with van der Waals surface area (Å²) in [6.07, 6.45) is -0.287. The molecule has 28 heavy (non-hydrogen) atoms. The lowest BCUT2D eigenvalue weighted by Gasteiger charge is -2.26. The van der Waals surface area contributed by atoms with E-state index in [4.69, 9.17) is 11.6 Å². The molecule has 7 heteroatoms. The van der Waals surface area contributed by atoms with Gasteiger partial charge >= 0.3 is 0 Å². The summed E-state index contributed by atoms with van der Waals surface area (Å²) in [5.41, 5.74) is 2.75. The number of aliphatic hydroxyl groups is 1. The van der Waals surface area contributed by atoms with Crippen LogP contribution in [0.4, 0.5) is 5.69 Å². The number of benzene rings is 2. The lowest BCUT2D eigenvalue weighted by atomic mass is 9.90. The third kappa shape index (κ3) is 5.24. The van der Waals surface area contributed by atoms with E-state index >= 15 is 0 Å². The van der Waals surface area contributed by atoms with E-state index in [9.17, 15) is 9.90 Å². The Morgan fingerprint density at radius 1 is 1.25 bits per heavy atom. The molecule has 1 amide bonds. The predicted molar refractivity (Wildman–Crippen MR) is 113 cm³/mol. The van der Waals surface area contributed by atoms with Crippen LogP contribution < -0.4 is 16.0 Å². The van der Waals surface area contributed by atoms with E-state index < -0.39 is 6.10 Å². The van der Waals surface area contributed by atoms with Crippen molar-refractivity contribution in [2.45, 2.75) is 25.4 Å². The lowest BCUT2D eigenvalue weighted by molar-refractivity contribution is -0.116. The van der Waals surface area contributed by atoms with Crippen molar-refractivity contribution in [1.82, 2.24) is 10.6 Å². The van der Waals surface area contributed by atoms with E-state index in [2.05, 4.69) is 20.9 Å². The van der Waals surface area contributed by atoms with Gasteiger partial charge in [0.1, 0.15) is 0 Å². The molecular formula is C21H25ClN4O2. The highest BCUT2D eigenvalue weighted by molar-refractivity contribution is 6.30. The molecule has 148 valence electrons. The van der Waals surface area contributed by atoms with E-state index in [-0.39, 0.29) is 18.4 Å². The van der Waals surface area contributed by atoms with Crippen molar-refractivity contribution in [1.29, 1.82) is 0 Å². The van der Waals surface area contributed by atoms with Crippen LogP contribution in [0.5, 0.6) is 0 Å². The fraction of sp³-hybridized carbons (Fsp3) is 0.333. The number of hydrogen-bond donors (Lipinski definition) is 4. The zero-order valence-electron chi connectivity index (χ0n) is 15.8. The number of guanidine groups is 1. The third-order valence-corrected chi connectivity index (χ3v) is 4.90.